The van der Waals surface area contributed by atoms with Crippen molar-refractivity contribution in [3.63, 3.8) is 0 Å². The Morgan fingerprint density at radius 2 is 1.77 bits per heavy atom. The summed E-state index contributed by atoms with van der Waals surface area (Å²) in [5.41, 5.74) is 7.90. The third kappa shape index (κ3) is 9.15. The van der Waals surface area contributed by atoms with Crippen LogP contribution in [0.3, 0.4) is 0 Å². The van der Waals surface area contributed by atoms with E-state index >= 15 is 0 Å². The molecule has 1 unspecified atom stereocenters. The van der Waals surface area contributed by atoms with Crippen LogP contribution in [0.2, 0.25) is 0 Å². The van der Waals surface area contributed by atoms with E-state index in [1.54, 1.807) is 21.7 Å². The first-order chi connectivity index (χ1) is 29.1. The number of likely N-dealkylation sites (tertiary alicyclic amines) is 1. The minimum atomic E-state index is -0.629. The van der Waals surface area contributed by atoms with Crippen LogP contribution in [0.15, 0.2) is 67.0 Å². The molecule has 6 heterocycles. The summed E-state index contributed by atoms with van der Waals surface area (Å²) in [5, 5.41) is 13.4. The molecule has 3 aromatic heterocycles. The van der Waals surface area contributed by atoms with Crippen molar-refractivity contribution in [2.24, 2.45) is 0 Å². The van der Waals surface area contributed by atoms with Crippen LogP contribution in [-0.4, -0.2) is 90.3 Å². The fourth-order valence-corrected chi connectivity index (χ4v) is 8.20. The van der Waals surface area contributed by atoms with Gasteiger partial charge in [0.25, 0.3) is 5.91 Å². The van der Waals surface area contributed by atoms with Crippen LogP contribution >= 0.6 is 0 Å². The number of aromatic nitrogens is 5. The van der Waals surface area contributed by atoms with Crippen molar-refractivity contribution in [3.8, 4) is 17.3 Å². The summed E-state index contributed by atoms with van der Waals surface area (Å²) in [6.07, 6.45) is 9.66. The van der Waals surface area contributed by atoms with Crippen molar-refractivity contribution in [2.45, 2.75) is 103 Å². The third-order valence-electron chi connectivity index (χ3n) is 11.7. The molecule has 2 saturated heterocycles. The molecule has 3 aliphatic heterocycles. The van der Waals surface area contributed by atoms with Crippen LogP contribution < -0.4 is 20.7 Å². The number of anilines is 2. The Hall–Kier alpha value is -6.22. The number of imide groups is 1. The van der Waals surface area contributed by atoms with Gasteiger partial charge >= 0.3 is 6.01 Å². The van der Waals surface area contributed by atoms with Crippen molar-refractivity contribution in [1.82, 2.24) is 39.7 Å². The highest BCUT2D eigenvalue weighted by molar-refractivity contribution is 6.05. The van der Waals surface area contributed by atoms with Crippen LogP contribution in [0, 0.1) is 0 Å². The number of aryl methyl sites for hydroxylation is 1. The highest BCUT2D eigenvalue weighted by Crippen LogP contribution is 2.31. The van der Waals surface area contributed by atoms with Crippen molar-refractivity contribution in [2.75, 3.05) is 30.8 Å². The summed E-state index contributed by atoms with van der Waals surface area (Å²) in [6.45, 7) is 7.11. The average molecular weight is 813 g/mol. The van der Waals surface area contributed by atoms with Gasteiger partial charge < -0.3 is 25.2 Å². The van der Waals surface area contributed by atoms with Gasteiger partial charge in [-0.3, -0.25) is 29.5 Å². The van der Waals surface area contributed by atoms with Crippen LogP contribution in [0.5, 0.6) is 6.01 Å². The molecule has 0 aliphatic carbocycles. The van der Waals surface area contributed by atoms with Gasteiger partial charge in [0, 0.05) is 55.7 Å². The SMILES string of the molecule is CC(C)c1cnn2c(NCc3ccc(-c4ccc(NC(=O)CCCCCc5cccc6c5CN(C5CCC(=O)NC5=O)C6=O)cn4)cc3)nc(OC3CCN(C)CC3)nc12. The fourth-order valence-electron chi connectivity index (χ4n) is 8.20. The second kappa shape index (κ2) is 18.0. The Balaban J connectivity index is 0.796. The molecule has 2 aromatic carbocycles. The maximum Gasteiger partial charge on any atom is 0.322 e. The van der Waals surface area contributed by atoms with Gasteiger partial charge in [-0.05, 0) is 86.4 Å². The molecule has 0 bridgehead atoms. The molecule has 60 heavy (non-hydrogen) atoms. The summed E-state index contributed by atoms with van der Waals surface area (Å²) in [6, 6.07) is 17.4. The van der Waals surface area contributed by atoms with Crippen LogP contribution in [-0.2, 0) is 33.9 Å². The lowest BCUT2D eigenvalue weighted by molar-refractivity contribution is -0.137. The zero-order chi connectivity index (χ0) is 41.8. The van der Waals surface area contributed by atoms with Gasteiger partial charge in [-0.1, -0.05) is 56.7 Å². The lowest BCUT2D eigenvalue weighted by Crippen LogP contribution is -2.52. The van der Waals surface area contributed by atoms with Crippen molar-refractivity contribution < 1.29 is 23.9 Å². The zero-order valence-corrected chi connectivity index (χ0v) is 34.4. The molecule has 5 aromatic rings. The zero-order valence-electron chi connectivity index (χ0n) is 34.4. The molecule has 3 aliphatic rings. The van der Waals surface area contributed by atoms with Crippen LogP contribution in [0.1, 0.15) is 104 Å². The molecule has 4 amide bonds. The van der Waals surface area contributed by atoms with E-state index in [2.05, 4.69) is 64.0 Å². The Morgan fingerprint density at radius 3 is 2.52 bits per heavy atom. The molecule has 0 spiro atoms. The van der Waals surface area contributed by atoms with Gasteiger partial charge in [0.1, 0.15) is 12.1 Å². The number of ether oxygens (including phenoxy) is 1. The van der Waals surface area contributed by atoms with E-state index in [1.165, 1.54) is 0 Å². The molecule has 15 nitrogen and oxygen atoms in total. The second-order valence-corrected chi connectivity index (χ2v) is 16.4. The van der Waals surface area contributed by atoms with Gasteiger partial charge in [-0.15, -0.1) is 0 Å². The first kappa shape index (κ1) is 40.6. The topological polar surface area (TPSA) is 176 Å². The number of unbranched alkanes of at least 4 members (excludes halogenated alkanes) is 2. The molecule has 312 valence electrons. The number of nitrogens with one attached hydrogen (secondary N) is 3. The smallest absolute Gasteiger partial charge is 0.322 e. The van der Waals surface area contributed by atoms with E-state index < -0.39 is 11.9 Å². The van der Waals surface area contributed by atoms with E-state index in [4.69, 9.17) is 14.7 Å². The van der Waals surface area contributed by atoms with E-state index in [-0.39, 0.29) is 36.2 Å². The standard InChI is InChI=1S/C45H52N10O5/c1-28(2)35-26-48-55-41(35)51-45(60-33-20-22-53(3)23-21-33)52-44(55)47-24-29-12-14-31(15-13-29)37-17-16-32(25-46-37)49-39(56)11-6-4-5-8-30-9-7-10-34-36(30)27-54(43(34)59)38-18-19-40(57)50-42(38)58/h7,9-10,12-17,25-26,28,33,38H,4-6,8,11,18-24,27H2,1-3H3,(H,49,56)(H,47,51,52)(H,50,57,58). The first-order valence-electron chi connectivity index (χ1n) is 21.0. The highest BCUT2D eigenvalue weighted by atomic mass is 16.5. The van der Waals surface area contributed by atoms with Crippen LogP contribution in [0.4, 0.5) is 11.6 Å². The van der Waals surface area contributed by atoms with E-state index in [9.17, 15) is 19.2 Å². The molecule has 0 radical (unpaired) electrons. The van der Waals surface area contributed by atoms with Crippen molar-refractivity contribution in [1.29, 1.82) is 0 Å². The molecular formula is C45H52N10O5. The lowest BCUT2D eigenvalue weighted by Gasteiger charge is -2.29. The maximum absolute atomic E-state index is 13.1. The summed E-state index contributed by atoms with van der Waals surface area (Å²) in [5.74, 6) is -0.110. The molecule has 1 atom stereocenters. The van der Waals surface area contributed by atoms with E-state index in [0.717, 1.165) is 90.8 Å². The second-order valence-electron chi connectivity index (χ2n) is 16.4. The number of hydrogen-bond acceptors (Lipinski definition) is 11. The summed E-state index contributed by atoms with van der Waals surface area (Å²) in [7, 11) is 2.13. The fraction of sp³-hybridized carbons (Fsp3) is 0.422. The number of piperidine rings is 2. The lowest BCUT2D eigenvalue weighted by atomic mass is 9.98. The quantitative estimate of drug-likeness (QED) is 0.0848. The predicted octanol–water partition coefficient (Wildman–Crippen LogP) is 5.90. The maximum atomic E-state index is 13.1. The third-order valence-corrected chi connectivity index (χ3v) is 11.7. The van der Waals surface area contributed by atoms with Gasteiger partial charge in [-0.2, -0.15) is 19.6 Å². The molecule has 15 heteroatoms. The van der Waals surface area contributed by atoms with Gasteiger partial charge in [0.15, 0.2) is 5.65 Å². The predicted molar refractivity (Wildman–Crippen MR) is 226 cm³/mol. The number of carbonyl (C=O) groups is 4. The number of pyridine rings is 1. The van der Waals surface area contributed by atoms with Crippen molar-refractivity contribution >= 4 is 40.9 Å². The van der Waals surface area contributed by atoms with E-state index in [1.807, 2.05) is 42.6 Å². The minimum absolute atomic E-state index is 0.0653. The number of benzene rings is 2. The number of fused-ring (bicyclic) bond motifs is 2. The summed E-state index contributed by atoms with van der Waals surface area (Å²) in [4.78, 5) is 68.0. The monoisotopic (exact) mass is 812 g/mol. The van der Waals surface area contributed by atoms with Gasteiger partial charge in [0.2, 0.25) is 23.7 Å². The Kier molecular flexibility index (Phi) is 12.1. The number of amides is 4. The number of carbonyl (C=O) groups excluding carboxylic acids is 4. The van der Waals surface area contributed by atoms with Gasteiger partial charge in [-0.25, -0.2) is 0 Å². The van der Waals surface area contributed by atoms with Crippen LogP contribution in [0.25, 0.3) is 16.9 Å². The average Bonchev–Trinajstić information content (AvgIpc) is 3.83. The highest BCUT2D eigenvalue weighted by Gasteiger charge is 2.39. The molecular weight excluding hydrogens is 761 g/mol. The summed E-state index contributed by atoms with van der Waals surface area (Å²) < 4.78 is 8.04. The Bertz CT molecular complexity index is 2370. The number of nitrogens with zero attached hydrogens (tertiary/aromatic N) is 7. The molecule has 2 fully saturated rings. The van der Waals surface area contributed by atoms with Crippen molar-refractivity contribution in [3.05, 3.63) is 94.8 Å². The molecule has 0 saturated carbocycles. The number of rotatable bonds is 15. The normalized spacial score (nSPS) is 17.3. The van der Waals surface area contributed by atoms with Gasteiger partial charge in [0.05, 0.1) is 23.8 Å². The largest absolute Gasteiger partial charge is 0.460 e. The Labute approximate surface area is 349 Å². The Morgan fingerprint density at radius 1 is 0.950 bits per heavy atom. The minimum Gasteiger partial charge on any atom is -0.460 e. The summed E-state index contributed by atoms with van der Waals surface area (Å²) >= 11 is 0. The number of hydrogen-bond donors (Lipinski definition) is 3. The molecule has 3 N–H and O–H groups in total. The molecule has 8 rings (SSSR count). The van der Waals surface area contributed by atoms with E-state index in [0.29, 0.717) is 49.1 Å². The first-order valence-corrected chi connectivity index (χ1v) is 21.0.